The quantitative estimate of drug-likeness (QED) is 0.853. The molecule has 0 amide bonds. The molecule has 0 aliphatic rings. The van der Waals surface area contributed by atoms with Crippen LogP contribution in [0.4, 0.5) is 0 Å². The summed E-state index contributed by atoms with van der Waals surface area (Å²) in [6.07, 6.45) is 0. The van der Waals surface area contributed by atoms with E-state index in [4.69, 9.17) is 9.84 Å². The summed E-state index contributed by atoms with van der Waals surface area (Å²) in [5, 5.41) is 9.09. The van der Waals surface area contributed by atoms with Crippen LogP contribution in [0.2, 0.25) is 0 Å². The average Bonchev–Trinajstić information content (AvgIpc) is 2.38. The maximum atomic E-state index is 11.1. The number of benzene rings is 2. The van der Waals surface area contributed by atoms with E-state index in [0.29, 0.717) is 5.75 Å². The van der Waals surface area contributed by atoms with E-state index in [0.717, 1.165) is 11.1 Å². The number of hydrogen-bond donors (Lipinski definition) is 1. The van der Waals surface area contributed by atoms with Gasteiger partial charge in [0.15, 0.2) is 0 Å². The number of carboxylic acid groups (broad SMARTS) is 1. The van der Waals surface area contributed by atoms with Crippen LogP contribution in [0.15, 0.2) is 48.5 Å². The van der Waals surface area contributed by atoms with Gasteiger partial charge in [0.25, 0.3) is 0 Å². The molecule has 0 saturated carbocycles. The van der Waals surface area contributed by atoms with Crippen molar-refractivity contribution in [3.63, 3.8) is 0 Å². The summed E-state index contributed by atoms with van der Waals surface area (Å²) in [7, 11) is 1.48. The van der Waals surface area contributed by atoms with Crippen molar-refractivity contribution in [3.8, 4) is 16.9 Å². The van der Waals surface area contributed by atoms with Gasteiger partial charge in [-0.15, -0.1) is 0 Å². The van der Waals surface area contributed by atoms with E-state index in [1.807, 2.05) is 36.4 Å². The van der Waals surface area contributed by atoms with Crippen LogP contribution in [0.3, 0.4) is 0 Å². The summed E-state index contributed by atoms with van der Waals surface area (Å²) in [6.45, 7) is 0. The number of para-hydroxylation sites is 1. The van der Waals surface area contributed by atoms with Gasteiger partial charge in [-0.1, -0.05) is 42.5 Å². The van der Waals surface area contributed by atoms with E-state index in [1.54, 1.807) is 6.07 Å². The molecule has 0 heterocycles. The molecule has 4 heteroatoms. The molecule has 88 valence electrons. The Kier molecular flexibility index (Phi) is 5.41. The summed E-state index contributed by atoms with van der Waals surface area (Å²) in [6, 6.07) is 14.7. The summed E-state index contributed by atoms with van der Waals surface area (Å²) in [4.78, 5) is 11.1. The Balaban J connectivity index is 0.00000162. The fraction of sp³-hybridized carbons (Fsp3) is 0.0714. The Morgan fingerprint density at radius 2 is 1.72 bits per heavy atom. The fourth-order valence-electron chi connectivity index (χ4n) is 1.77. The number of methoxy groups -OCH3 is 1. The number of carboxylic acids is 1. The molecular formula is C14H13NaO3. The molecular weight excluding hydrogens is 239 g/mol. The van der Waals surface area contributed by atoms with Gasteiger partial charge in [-0.25, -0.2) is 4.79 Å². The SMILES string of the molecule is COc1c(C(=O)O)cccc1-c1ccccc1.[NaH]. The second kappa shape index (κ2) is 6.59. The monoisotopic (exact) mass is 252 g/mol. The molecule has 0 fully saturated rings. The van der Waals surface area contributed by atoms with Crippen LogP contribution in [0, 0.1) is 0 Å². The predicted octanol–water partition coefficient (Wildman–Crippen LogP) is 2.41. The van der Waals surface area contributed by atoms with Gasteiger partial charge in [-0.3, -0.25) is 0 Å². The molecule has 2 aromatic carbocycles. The van der Waals surface area contributed by atoms with Gasteiger partial charge in [-0.05, 0) is 11.6 Å². The van der Waals surface area contributed by atoms with Crippen molar-refractivity contribution >= 4 is 35.5 Å². The van der Waals surface area contributed by atoms with Crippen LogP contribution in [0.5, 0.6) is 5.75 Å². The summed E-state index contributed by atoms with van der Waals surface area (Å²) < 4.78 is 5.21. The van der Waals surface area contributed by atoms with Crippen LogP contribution < -0.4 is 4.74 Å². The molecule has 2 aromatic rings. The Morgan fingerprint density at radius 3 is 2.28 bits per heavy atom. The number of ether oxygens (including phenoxy) is 1. The first kappa shape index (κ1) is 14.8. The van der Waals surface area contributed by atoms with Gasteiger partial charge in [0.05, 0.1) is 7.11 Å². The van der Waals surface area contributed by atoms with Gasteiger partial charge >= 0.3 is 35.5 Å². The van der Waals surface area contributed by atoms with Crippen molar-refractivity contribution in [2.45, 2.75) is 0 Å². The number of carbonyl (C=O) groups is 1. The minimum atomic E-state index is -0.986. The maximum absolute atomic E-state index is 11.1. The topological polar surface area (TPSA) is 46.5 Å². The zero-order chi connectivity index (χ0) is 12.3. The molecule has 0 aliphatic heterocycles. The normalized spacial score (nSPS) is 9.39. The third-order valence-electron chi connectivity index (χ3n) is 2.53. The zero-order valence-corrected chi connectivity index (χ0v) is 9.38. The van der Waals surface area contributed by atoms with Crippen LogP contribution >= 0.6 is 0 Å². The van der Waals surface area contributed by atoms with Crippen molar-refractivity contribution < 1.29 is 14.6 Å². The third-order valence-corrected chi connectivity index (χ3v) is 2.53. The molecule has 0 aliphatic carbocycles. The third kappa shape index (κ3) is 2.93. The van der Waals surface area contributed by atoms with Gasteiger partial charge in [0.1, 0.15) is 11.3 Å². The van der Waals surface area contributed by atoms with Gasteiger partial charge in [-0.2, -0.15) is 0 Å². The van der Waals surface area contributed by atoms with E-state index in [1.165, 1.54) is 13.2 Å². The van der Waals surface area contributed by atoms with Crippen molar-refractivity contribution in [3.05, 3.63) is 54.1 Å². The van der Waals surface area contributed by atoms with Crippen LogP contribution in [-0.4, -0.2) is 47.7 Å². The Labute approximate surface area is 128 Å². The van der Waals surface area contributed by atoms with Gasteiger partial charge < -0.3 is 9.84 Å². The average molecular weight is 252 g/mol. The van der Waals surface area contributed by atoms with E-state index >= 15 is 0 Å². The van der Waals surface area contributed by atoms with Gasteiger partial charge in [0, 0.05) is 5.56 Å². The number of rotatable bonds is 3. The molecule has 18 heavy (non-hydrogen) atoms. The predicted molar refractivity (Wildman–Crippen MR) is 72.5 cm³/mol. The molecule has 1 N–H and O–H groups in total. The molecule has 0 spiro atoms. The second-order valence-corrected chi connectivity index (χ2v) is 3.56. The molecule has 3 nitrogen and oxygen atoms in total. The van der Waals surface area contributed by atoms with E-state index in [-0.39, 0.29) is 35.1 Å². The standard InChI is InChI=1S/C14H12O3.Na.H/c1-17-13-11(10-6-3-2-4-7-10)8-5-9-12(13)14(15)16;;/h2-9H,1H3,(H,15,16);;. The molecule has 0 bridgehead atoms. The van der Waals surface area contributed by atoms with E-state index in [2.05, 4.69) is 0 Å². The zero-order valence-electron chi connectivity index (χ0n) is 9.38. The molecule has 0 radical (unpaired) electrons. The minimum absolute atomic E-state index is 0. The molecule has 0 unspecified atom stereocenters. The van der Waals surface area contributed by atoms with Crippen molar-refractivity contribution in [2.75, 3.05) is 7.11 Å². The molecule has 0 saturated heterocycles. The van der Waals surface area contributed by atoms with E-state index in [9.17, 15) is 4.79 Å². The summed E-state index contributed by atoms with van der Waals surface area (Å²) in [5.41, 5.74) is 1.90. The van der Waals surface area contributed by atoms with Crippen molar-refractivity contribution in [2.24, 2.45) is 0 Å². The van der Waals surface area contributed by atoms with Crippen LogP contribution in [0.1, 0.15) is 10.4 Å². The Hall–Kier alpha value is -1.29. The molecule has 2 rings (SSSR count). The Bertz CT molecular complexity index is 538. The first-order valence-electron chi connectivity index (χ1n) is 5.19. The van der Waals surface area contributed by atoms with Crippen LogP contribution in [-0.2, 0) is 0 Å². The first-order valence-corrected chi connectivity index (χ1v) is 5.19. The summed E-state index contributed by atoms with van der Waals surface area (Å²) in [5.74, 6) is -0.592. The molecule has 0 aromatic heterocycles. The number of aromatic carboxylic acids is 1. The second-order valence-electron chi connectivity index (χ2n) is 3.56. The van der Waals surface area contributed by atoms with Crippen LogP contribution in [0.25, 0.3) is 11.1 Å². The van der Waals surface area contributed by atoms with Crippen molar-refractivity contribution in [1.29, 1.82) is 0 Å². The Morgan fingerprint density at radius 1 is 1.06 bits per heavy atom. The first-order chi connectivity index (χ1) is 8.24. The summed E-state index contributed by atoms with van der Waals surface area (Å²) >= 11 is 0. The fourth-order valence-corrected chi connectivity index (χ4v) is 1.77. The van der Waals surface area contributed by atoms with E-state index < -0.39 is 5.97 Å². The van der Waals surface area contributed by atoms with Crippen molar-refractivity contribution in [1.82, 2.24) is 0 Å². The number of hydrogen-bond acceptors (Lipinski definition) is 2. The molecule has 0 atom stereocenters. The van der Waals surface area contributed by atoms with Gasteiger partial charge in [0.2, 0.25) is 0 Å².